The third-order valence-electron chi connectivity index (χ3n) is 29.0. The number of nitrogens with zero attached hydrogens (tertiary/aromatic N) is 24. The van der Waals surface area contributed by atoms with Crippen LogP contribution in [-0.4, -0.2) is 125 Å². The van der Waals surface area contributed by atoms with Gasteiger partial charge in [0.2, 0.25) is 68.2 Å². The zero-order chi connectivity index (χ0) is 94.0. The first-order chi connectivity index (χ1) is 70.3. The highest BCUT2D eigenvalue weighted by Gasteiger charge is 2.75. The molecule has 18 aliphatic rings. The van der Waals surface area contributed by atoms with Crippen molar-refractivity contribution in [1.82, 2.24) is 27.4 Å². The lowest BCUT2D eigenvalue weighted by molar-refractivity contribution is -0.791. The zero-order valence-corrected chi connectivity index (χ0v) is 83.5. The summed E-state index contributed by atoms with van der Waals surface area (Å²) in [5.74, 6) is 3.76. The first kappa shape index (κ1) is 79.7. The van der Waals surface area contributed by atoms with Crippen molar-refractivity contribution in [3.63, 3.8) is 0 Å². The van der Waals surface area contributed by atoms with Crippen molar-refractivity contribution in [3.05, 3.63) is 342 Å². The molecule has 0 aromatic carbocycles. The van der Waals surface area contributed by atoms with Crippen LogP contribution in [0.15, 0.2) is 317 Å². The maximum Gasteiger partial charge on any atom is 0.405 e. The minimum atomic E-state index is -1.93. The summed E-state index contributed by atoms with van der Waals surface area (Å²) in [6.45, 7) is 8.85. The van der Waals surface area contributed by atoms with E-state index in [1.165, 1.54) is 83.1 Å². The molecule has 3 unspecified atom stereocenters. The number of aromatic nitrogens is 6. The van der Waals surface area contributed by atoms with Gasteiger partial charge in [-0.15, -0.1) is 163 Å². The van der Waals surface area contributed by atoms with Crippen molar-refractivity contribution < 1.29 is 45.0 Å². The second-order valence-corrected chi connectivity index (χ2v) is 47.2. The highest BCUT2D eigenvalue weighted by Crippen LogP contribution is 2.61. The van der Waals surface area contributed by atoms with E-state index in [4.69, 9.17) is 59.9 Å². The van der Waals surface area contributed by atoms with Gasteiger partial charge in [-0.25, -0.2) is 8.78 Å². The van der Waals surface area contributed by atoms with Gasteiger partial charge in [-0.2, -0.15) is 36.2 Å². The highest BCUT2D eigenvalue weighted by molar-refractivity contribution is 7.16. The first-order valence-electron chi connectivity index (χ1n) is 45.2. The third kappa shape index (κ3) is 9.35. The topological polar surface area (TPSA) is 196 Å². The summed E-state index contributed by atoms with van der Waals surface area (Å²) in [6.07, 6.45) is 4.42. The molecule has 0 saturated heterocycles. The number of thiophene rings is 12. The molecule has 24 nitrogen and oxygen atoms in total. The predicted molar refractivity (Wildman–Crippen MR) is 560 cm³/mol. The standard InChI is InChI=1S/C37H24N8S4.C33H12F4N8S4.C33H16N8S4/c1-17-25(21-9-5-13-46-21)33-39-30-19(3)27(23-11-7-15-48-23)35-41-32-20(4)28(24-12-8-16-49-24)36-40-31-18(2)26(22-10-6-14-47-22)34-38-29(17)42(33)37(43(31)34,44(30)35)45(32)36;34-21-17(13-5-1-9-46-13)25-38-30-22(35)18(14-6-2-10-47-14)27-40-32-24(37)20(16-8-4-12-49-16)28-41-31-23(36)19(15-7-3-11-48-15)26-39-29(21)42(25)33(43(27)30,44(26)31)45(28)32;1-5-21(42-9-1)17-13-25-35-30-19(23-7-3-11-44-23)15-27-37-32-20(24-8-4-12-45-24)16-28-36-31-18(22-6-2-10-43-22)14-26-34-29(17)38(25)33(39(26)31,40(27)30)41(28)32/h5-16H,1-4H3;1-12H;1-16H/q3*+2. The average molecular weight is 2090 g/mol. The van der Waals surface area contributed by atoms with Gasteiger partial charge >= 0.3 is 29.4 Å². The van der Waals surface area contributed by atoms with Crippen molar-refractivity contribution in [3.8, 4) is 62.6 Å². The van der Waals surface area contributed by atoms with Crippen LogP contribution in [0.1, 0.15) is 54.2 Å². The van der Waals surface area contributed by atoms with Crippen molar-refractivity contribution in [2.75, 3.05) is 0 Å². The van der Waals surface area contributed by atoms with Crippen molar-refractivity contribution in [1.29, 1.82) is 0 Å². The summed E-state index contributed by atoms with van der Waals surface area (Å²) in [7, 11) is 0. The SMILES string of the molecule is C1=C(c2cccs2)C2=Nc3cc(-c4cccs4)c4n3C35n6c(cc(-c7cccs7)c6=NC1=[N+]23)=NC1=[N+]5C(=N4)C=C1c1cccs1.CC1=C(c2cccs2)C2=Nc3c(C)c(-c4cccs4)c4n3C35n6c(c(C)c(-c7cccs7)c6=NC1=[N+]23)=NC1=[N+]5C(=N4)C(C)=C1c1cccs1.FC1=C(c2cccs2)C2=Nc3c(F)c(-c4cccs4)c4n3C35n6c(c(F)c(-c7cccs7)c6=NC1=[N+]23)=NC1=[N+]5C(=N4)C(F)=C1c1cccs1. The molecule has 3 atom stereocenters. The lowest BCUT2D eigenvalue weighted by Crippen LogP contribution is -2.72. The largest absolute Gasteiger partial charge is 0.405 e. The van der Waals surface area contributed by atoms with E-state index in [-0.39, 0.29) is 68.2 Å². The molecular weight excluding hydrogens is 2030 g/mol. The first-order valence-corrected chi connectivity index (χ1v) is 55.8. The van der Waals surface area contributed by atoms with Crippen LogP contribution in [0.5, 0.6) is 0 Å². The summed E-state index contributed by atoms with van der Waals surface area (Å²) in [4.78, 5) is 74.9. The number of amidine groups is 12. The molecule has 18 aliphatic heterocycles. The van der Waals surface area contributed by atoms with Gasteiger partial charge in [0, 0.05) is 105 Å². The van der Waals surface area contributed by atoms with Crippen molar-refractivity contribution in [2.45, 2.75) is 45.4 Å². The van der Waals surface area contributed by atoms with Crippen LogP contribution in [0, 0.1) is 25.5 Å². The van der Waals surface area contributed by atoms with Crippen LogP contribution in [-0.2, 0) is 17.7 Å². The maximum atomic E-state index is 17.2. The van der Waals surface area contributed by atoms with E-state index in [0.717, 1.165) is 178 Å². The second kappa shape index (κ2) is 27.5. The van der Waals surface area contributed by atoms with Crippen molar-refractivity contribution in [2.24, 2.45) is 59.9 Å². The number of aliphatic imine (C=N–C) groups is 6. The Bertz CT molecular complexity index is 9910. The molecule has 143 heavy (non-hydrogen) atoms. The third-order valence-corrected chi connectivity index (χ3v) is 39.7. The van der Waals surface area contributed by atoms with Crippen LogP contribution < -0.4 is 32.9 Å². The van der Waals surface area contributed by atoms with E-state index in [9.17, 15) is 0 Å². The molecule has 0 aliphatic carbocycles. The van der Waals surface area contributed by atoms with Gasteiger partial charge in [-0.05, 0) is 165 Å². The molecule has 0 radical (unpaired) electrons. The molecule has 18 aromatic rings. The Morgan fingerprint density at radius 1 is 0.266 bits per heavy atom. The Morgan fingerprint density at radius 2 is 0.727 bits per heavy atom. The van der Waals surface area contributed by atoms with Crippen LogP contribution in [0.25, 0.3) is 96.1 Å². The van der Waals surface area contributed by atoms with Crippen LogP contribution in [0.3, 0.4) is 0 Å². The number of halogens is 4. The molecule has 0 N–H and O–H groups in total. The number of hydrogen-bond donors (Lipinski definition) is 0. The fraction of sp³-hybridized carbons (Fsp3) is 0.0680. The van der Waals surface area contributed by atoms with Gasteiger partial charge in [0.1, 0.15) is 11.1 Å². The van der Waals surface area contributed by atoms with Crippen LogP contribution in [0.4, 0.5) is 52.5 Å². The lowest BCUT2D eigenvalue weighted by Gasteiger charge is -2.41. The molecule has 0 fully saturated rings. The molecule has 40 heteroatoms. The lowest BCUT2D eigenvalue weighted by atomic mass is 10.1. The normalized spacial score (nSPS) is 20.6. The summed E-state index contributed by atoms with van der Waals surface area (Å²) < 4.78 is 93.6. The molecular formula is C103H52F4N24S12+6. The Hall–Kier alpha value is -14.9. The second-order valence-electron chi connectivity index (χ2n) is 35.8. The smallest absolute Gasteiger partial charge is 0.200 e. The molecule has 36 rings (SSSR count). The average Bonchev–Trinajstić information content (AvgIpc) is 1.49. The van der Waals surface area contributed by atoms with Gasteiger partial charge in [0.25, 0.3) is 69.7 Å². The van der Waals surface area contributed by atoms with Gasteiger partial charge in [0.05, 0.1) is 55.7 Å². The molecule has 0 amide bonds. The Balaban J connectivity index is 0.0000000929. The molecule has 0 bridgehead atoms. The minimum Gasteiger partial charge on any atom is -0.200 e. The van der Waals surface area contributed by atoms with Crippen LogP contribution >= 0.6 is 136 Å². The number of rotatable bonds is 12. The van der Waals surface area contributed by atoms with Crippen molar-refractivity contribution >= 4 is 274 Å². The Labute approximate surface area is 849 Å². The Kier molecular flexibility index (Phi) is 15.3. The van der Waals surface area contributed by atoms with Crippen LogP contribution in [0.2, 0.25) is 0 Å². The van der Waals surface area contributed by atoms with Gasteiger partial charge in [-0.1, -0.05) is 133 Å². The van der Waals surface area contributed by atoms with E-state index >= 15 is 17.6 Å². The zero-order valence-electron chi connectivity index (χ0n) is 73.7. The van der Waals surface area contributed by atoms with E-state index in [1.54, 1.807) is 139 Å². The monoisotopic (exact) mass is 2080 g/mol. The van der Waals surface area contributed by atoms with E-state index in [0.29, 0.717) is 19.5 Å². The molecule has 0 saturated carbocycles. The summed E-state index contributed by atoms with van der Waals surface area (Å²) >= 11 is 19.1. The van der Waals surface area contributed by atoms with E-state index in [1.807, 2.05) is 21.5 Å². The fourth-order valence-electron chi connectivity index (χ4n) is 23.6. The van der Waals surface area contributed by atoms with Gasteiger partial charge in [-0.3, -0.25) is 0 Å². The highest BCUT2D eigenvalue weighted by atomic mass is 32.1. The number of hydrogen-bond acceptors (Lipinski definition) is 24. The summed E-state index contributed by atoms with van der Waals surface area (Å²) in [5.41, 5.74) is 17.3. The van der Waals surface area contributed by atoms with E-state index in [2.05, 4.69) is 229 Å². The van der Waals surface area contributed by atoms with E-state index < -0.39 is 41.0 Å². The minimum absolute atomic E-state index is 0.0581. The Morgan fingerprint density at radius 3 is 1.36 bits per heavy atom. The fourth-order valence-corrected chi connectivity index (χ4v) is 32.9. The quantitative estimate of drug-likeness (QED) is 0.0830. The van der Waals surface area contributed by atoms with Gasteiger partial charge in [0.15, 0.2) is 11.6 Å². The molecule has 18 aromatic heterocycles. The molecule has 678 valence electrons. The maximum absolute atomic E-state index is 17.2. The molecule has 36 heterocycles. The summed E-state index contributed by atoms with van der Waals surface area (Å²) in [5, 5.41) is 24.3. The van der Waals surface area contributed by atoms with Gasteiger partial charge < -0.3 is 0 Å². The molecule has 3 spiro atoms. The predicted octanol–water partition coefficient (Wildman–Crippen LogP) is 21.3. The summed E-state index contributed by atoms with van der Waals surface area (Å²) in [6, 6.07) is 53.0.